The van der Waals surface area contributed by atoms with Gasteiger partial charge in [0.05, 0.1) is 5.69 Å². The zero-order valence-electron chi connectivity index (χ0n) is 11.7. The third-order valence-electron chi connectivity index (χ3n) is 3.51. The number of hydrogen-bond acceptors (Lipinski definition) is 3. The van der Waals surface area contributed by atoms with E-state index in [-0.39, 0.29) is 0 Å². The maximum atomic E-state index is 12.1. The highest BCUT2D eigenvalue weighted by Crippen LogP contribution is 2.28. The van der Waals surface area contributed by atoms with Gasteiger partial charge in [-0.05, 0) is 53.7 Å². The molecule has 21 heavy (non-hydrogen) atoms. The van der Waals surface area contributed by atoms with E-state index >= 15 is 0 Å². The summed E-state index contributed by atoms with van der Waals surface area (Å²) < 4.78 is 0.690. The molecule has 1 aromatic rings. The van der Waals surface area contributed by atoms with Gasteiger partial charge in [-0.15, -0.1) is 0 Å². The van der Waals surface area contributed by atoms with E-state index in [2.05, 4.69) is 21.2 Å². The molecule has 6 heteroatoms. The van der Waals surface area contributed by atoms with Crippen molar-refractivity contribution in [2.24, 2.45) is 5.92 Å². The van der Waals surface area contributed by atoms with Gasteiger partial charge in [0.15, 0.2) is 0 Å². The van der Waals surface area contributed by atoms with Crippen molar-refractivity contribution in [1.82, 2.24) is 5.32 Å². The second-order valence-electron chi connectivity index (χ2n) is 5.16. The van der Waals surface area contributed by atoms with Crippen LogP contribution in [0, 0.1) is 5.92 Å². The van der Waals surface area contributed by atoms with E-state index in [0.717, 1.165) is 12.8 Å². The molecule has 112 valence electrons. The largest absolute Gasteiger partial charge is 0.349 e. The molecule has 0 radical (unpaired) electrons. The van der Waals surface area contributed by atoms with Gasteiger partial charge in [0.2, 0.25) is 12.2 Å². The van der Waals surface area contributed by atoms with Gasteiger partial charge in [-0.2, -0.15) is 0 Å². The first-order chi connectivity index (χ1) is 10.0. The lowest BCUT2D eigenvalue weighted by Crippen LogP contribution is -2.46. The number of halogens is 1. The Morgan fingerprint density at radius 1 is 1.43 bits per heavy atom. The Bertz CT molecular complexity index is 558. The molecule has 0 aromatic heterocycles. The molecule has 0 saturated heterocycles. The molecular weight excluding hydrogens is 336 g/mol. The molecule has 0 heterocycles. The molecule has 1 aliphatic rings. The molecule has 0 spiro atoms. The van der Waals surface area contributed by atoms with Crippen LogP contribution in [0.3, 0.4) is 0 Å². The van der Waals surface area contributed by atoms with Gasteiger partial charge in [-0.3, -0.25) is 14.4 Å². The third-order valence-corrected chi connectivity index (χ3v) is 4.18. The van der Waals surface area contributed by atoms with Crippen molar-refractivity contribution in [2.45, 2.75) is 25.8 Å². The van der Waals surface area contributed by atoms with Crippen molar-refractivity contribution < 1.29 is 14.4 Å². The zero-order valence-corrected chi connectivity index (χ0v) is 13.3. The van der Waals surface area contributed by atoms with Gasteiger partial charge in [0.1, 0.15) is 6.04 Å². The first-order valence-electron chi connectivity index (χ1n) is 6.84. The summed E-state index contributed by atoms with van der Waals surface area (Å²) >= 11 is 3.34. The predicted molar refractivity (Wildman–Crippen MR) is 82.9 cm³/mol. The van der Waals surface area contributed by atoms with Crippen molar-refractivity contribution in [3.63, 3.8) is 0 Å². The summed E-state index contributed by atoms with van der Waals surface area (Å²) in [5, 5.41) is 2.63. The summed E-state index contributed by atoms with van der Waals surface area (Å²) in [6.45, 7) is 2.08. The molecule has 2 rings (SSSR count). The molecule has 1 saturated carbocycles. The van der Waals surface area contributed by atoms with E-state index in [1.54, 1.807) is 25.1 Å². The minimum Gasteiger partial charge on any atom is -0.349 e. The lowest BCUT2D eigenvalue weighted by atomic mass is 10.1. The summed E-state index contributed by atoms with van der Waals surface area (Å²) in [6, 6.07) is 6.22. The number of ketones is 1. The van der Waals surface area contributed by atoms with Crippen LogP contribution in [0.5, 0.6) is 0 Å². The standard InChI is InChI=1S/C15H17BrN2O3/c1-10(14(20)15(21)17-8-11-6-7-11)18(9-19)13-5-3-2-4-12(13)16/h2-5,9-11H,6-8H2,1H3,(H,17,21). The lowest BCUT2D eigenvalue weighted by Gasteiger charge is -2.24. The highest BCUT2D eigenvalue weighted by atomic mass is 79.9. The number of amides is 2. The van der Waals surface area contributed by atoms with Crippen LogP contribution in [-0.2, 0) is 14.4 Å². The number of nitrogens with zero attached hydrogens (tertiary/aromatic N) is 1. The number of rotatable bonds is 7. The van der Waals surface area contributed by atoms with Crippen LogP contribution in [0.2, 0.25) is 0 Å². The van der Waals surface area contributed by atoms with Gasteiger partial charge in [0, 0.05) is 11.0 Å². The van der Waals surface area contributed by atoms with Gasteiger partial charge < -0.3 is 10.2 Å². The van der Waals surface area contributed by atoms with Gasteiger partial charge in [-0.25, -0.2) is 0 Å². The van der Waals surface area contributed by atoms with E-state index in [0.29, 0.717) is 29.0 Å². The second kappa shape index (κ2) is 6.85. The molecular formula is C15H17BrN2O3. The van der Waals surface area contributed by atoms with Crippen LogP contribution < -0.4 is 10.2 Å². The van der Waals surface area contributed by atoms with E-state index < -0.39 is 17.7 Å². The Kier molecular flexibility index (Phi) is 5.12. The maximum Gasteiger partial charge on any atom is 0.289 e. The first kappa shape index (κ1) is 15.7. The van der Waals surface area contributed by atoms with E-state index in [9.17, 15) is 14.4 Å². The van der Waals surface area contributed by atoms with Crippen molar-refractivity contribution in [1.29, 1.82) is 0 Å². The topological polar surface area (TPSA) is 66.5 Å². The molecule has 1 fully saturated rings. The lowest BCUT2D eigenvalue weighted by molar-refractivity contribution is -0.138. The molecule has 1 atom stereocenters. The summed E-state index contributed by atoms with van der Waals surface area (Å²) in [6.07, 6.45) is 2.76. The Hall–Kier alpha value is -1.69. The number of Topliss-reactive ketones (excluding diaryl/α,β-unsaturated/α-hetero) is 1. The summed E-state index contributed by atoms with van der Waals surface area (Å²) in [7, 11) is 0. The zero-order chi connectivity index (χ0) is 15.4. The Balaban J connectivity index is 2.06. The Morgan fingerprint density at radius 2 is 2.10 bits per heavy atom. The number of benzene rings is 1. The highest BCUT2D eigenvalue weighted by molar-refractivity contribution is 9.10. The van der Waals surface area contributed by atoms with Gasteiger partial charge in [-0.1, -0.05) is 12.1 Å². The Labute approximate surface area is 131 Å². The second-order valence-corrected chi connectivity index (χ2v) is 6.01. The SMILES string of the molecule is CC(C(=O)C(=O)NCC1CC1)N(C=O)c1ccccc1Br. The number of carbonyl (C=O) groups excluding carboxylic acids is 3. The van der Waals surface area contributed by atoms with Crippen LogP contribution in [0.15, 0.2) is 28.7 Å². The average Bonchev–Trinajstić information content (AvgIpc) is 3.30. The minimum absolute atomic E-state index is 0.502. The van der Waals surface area contributed by atoms with Crippen molar-refractivity contribution in [3.8, 4) is 0 Å². The molecule has 5 nitrogen and oxygen atoms in total. The van der Waals surface area contributed by atoms with Crippen LogP contribution in [0.4, 0.5) is 5.69 Å². The highest BCUT2D eigenvalue weighted by Gasteiger charge is 2.29. The van der Waals surface area contributed by atoms with Crippen molar-refractivity contribution in [3.05, 3.63) is 28.7 Å². The molecule has 1 N–H and O–H groups in total. The predicted octanol–water partition coefficient (Wildman–Crippen LogP) is 1.90. The normalized spacial score (nSPS) is 15.1. The monoisotopic (exact) mass is 352 g/mol. The van der Waals surface area contributed by atoms with Gasteiger partial charge >= 0.3 is 0 Å². The molecule has 2 amide bonds. The van der Waals surface area contributed by atoms with Crippen molar-refractivity contribution >= 4 is 39.7 Å². The minimum atomic E-state index is -0.847. The number of anilines is 1. The van der Waals surface area contributed by atoms with Crippen LogP contribution in [-0.4, -0.2) is 30.7 Å². The van der Waals surface area contributed by atoms with Crippen LogP contribution in [0.25, 0.3) is 0 Å². The molecule has 0 bridgehead atoms. The fraction of sp³-hybridized carbons (Fsp3) is 0.400. The number of para-hydroxylation sites is 1. The maximum absolute atomic E-state index is 12.1. The summed E-state index contributed by atoms with van der Waals surface area (Å²) in [4.78, 5) is 36.5. The molecule has 1 aliphatic carbocycles. The van der Waals surface area contributed by atoms with Crippen molar-refractivity contribution in [2.75, 3.05) is 11.4 Å². The van der Waals surface area contributed by atoms with E-state index in [1.165, 1.54) is 4.90 Å². The van der Waals surface area contributed by atoms with E-state index in [4.69, 9.17) is 0 Å². The number of hydrogen-bond donors (Lipinski definition) is 1. The fourth-order valence-corrected chi connectivity index (χ4v) is 2.47. The summed E-state index contributed by atoms with van der Waals surface area (Å²) in [5.74, 6) is -0.741. The smallest absolute Gasteiger partial charge is 0.289 e. The van der Waals surface area contributed by atoms with Crippen LogP contribution >= 0.6 is 15.9 Å². The number of nitrogens with one attached hydrogen (secondary N) is 1. The fourth-order valence-electron chi connectivity index (χ4n) is 1.98. The Morgan fingerprint density at radius 3 is 2.67 bits per heavy atom. The quantitative estimate of drug-likeness (QED) is 0.601. The first-order valence-corrected chi connectivity index (χ1v) is 7.64. The third kappa shape index (κ3) is 3.91. The molecule has 0 aliphatic heterocycles. The molecule has 1 unspecified atom stereocenters. The molecule has 1 aromatic carbocycles. The number of carbonyl (C=O) groups is 3. The van der Waals surface area contributed by atoms with Crippen LogP contribution in [0.1, 0.15) is 19.8 Å². The summed E-state index contributed by atoms with van der Waals surface area (Å²) in [5.41, 5.74) is 0.559. The van der Waals surface area contributed by atoms with Gasteiger partial charge in [0.25, 0.3) is 5.91 Å². The average molecular weight is 353 g/mol. The van der Waals surface area contributed by atoms with E-state index in [1.807, 2.05) is 6.07 Å².